The van der Waals surface area contributed by atoms with Crippen LogP contribution >= 0.6 is 11.8 Å². The van der Waals surface area contributed by atoms with E-state index in [4.69, 9.17) is 0 Å². The molecule has 1 rings (SSSR count). The van der Waals surface area contributed by atoms with E-state index in [0.717, 1.165) is 27.8 Å². The van der Waals surface area contributed by atoms with E-state index in [1.54, 1.807) is 6.92 Å². The molecule has 0 saturated heterocycles. The Kier molecular flexibility index (Phi) is 4.80. The third-order valence-electron chi connectivity index (χ3n) is 2.05. The minimum absolute atomic E-state index is 0.201. The van der Waals surface area contributed by atoms with Crippen LogP contribution in [0.25, 0.3) is 0 Å². The topological polar surface area (TPSA) is 26.3 Å². The van der Waals surface area contributed by atoms with Crippen LogP contribution in [0.5, 0.6) is 0 Å². The lowest BCUT2D eigenvalue weighted by Gasteiger charge is -2.09. The van der Waals surface area contributed by atoms with Crippen LogP contribution in [-0.4, -0.2) is 18.1 Å². The molecule has 0 aliphatic heterocycles. The summed E-state index contributed by atoms with van der Waals surface area (Å²) in [6, 6.07) is 5.73. The Bertz CT molecular complexity index is 379. The first-order chi connectivity index (χ1) is 7.54. The summed E-state index contributed by atoms with van der Waals surface area (Å²) in [7, 11) is 0. The molecule has 0 aliphatic carbocycles. The molecule has 0 fully saturated rings. The molecule has 1 atom stereocenters. The zero-order chi connectivity index (χ0) is 12.1. The maximum atomic E-state index is 13.5. The van der Waals surface area contributed by atoms with E-state index >= 15 is 0 Å². The Morgan fingerprint density at radius 3 is 2.81 bits per heavy atom. The number of hydrogen-bond acceptors (Lipinski definition) is 3. The zero-order valence-corrected chi connectivity index (χ0v) is 10.4. The fourth-order valence-corrected chi connectivity index (χ4v) is 2.10. The van der Waals surface area contributed by atoms with E-state index in [1.807, 2.05) is 32.0 Å². The maximum Gasteiger partial charge on any atom is 0.351 e. The Hall–Kier alpha value is -1.03. The molecule has 16 heavy (non-hydrogen) atoms. The number of thioether (sulfide) groups is 1. The molecular formula is C12H15FO2S. The number of rotatable bonds is 4. The summed E-state index contributed by atoms with van der Waals surface area (Å²) in [6.07, 6.45) is 0. The third kappa shape index (κ3) is 3.52. The summed E-state index contributed by atoms with van der Waals surface area (Å²) >= 11 is 0.891. The second kappa shape index (κ2) is 5.89. The monoisotopic (exact) mass is 242 g/mol. The minimum atomic E-state index is -1.65. The first-order valence-electron chi connectivity index (χ1n) is 5.09. The van der Waals surface area contributed by atoms with Crippen molar-refractivity contribution in [1.29, 1.82) is 0 Å². The molecule has 0 amide bonds. The first kappa shape index (κ1) is 13.0. The molecule has 0 heterocycles. The number of esters is 1. The summed E-state index contributed by atoms with van der Waals surface area (Å²) in [6.45, 7) is 5.68. The first-order valence-corrected chi connectivity index (χ1v) is 5.97. The van der Waals surface area contributed by atoms with Gasteiger partial charge in [-0.05, 0) is 38.0 Å². The van der Waals surface area contributed by atoms with E-state index in [0.29, 0.717) is 0 Å². The lowest BCUT2D eigenvalue weighted by molar-refractivity contribution is -0.145. The van der Waals surface area contributed by atoms with Gasteiger partial charge in [-0.2, -0.15) is 0 Å². The number of carbonyl (C=O) groups is 1. The number of alkyl halides is 1. The van der Waals surface area contributed by atoms with Gasteiger partial charge < -0.3 is 4.74 Å². The van der Waals surface area contributed by atoms with E-state index in [1.165, 1.54) is 0 Å². The Morgan fingerprint density at radius 1 is 1.50 bits per heavy atom. The Morgan fingerprint density at radius 2 is 2.19 bits per heavy atom. The van der Waals surface area contributed by atoms with Crippen molar-refractivity contribution in [2.75, 3.05) is 6.61 Å². The van der Waals surface area contributed by atoms with Gasteiger partial charge in [-0.1, -0.05) is 23.9 Å². The fourth-order valence-electron chi connectivity index (χ4n) is 1.20. The quantitative estimate of drug-likeness (QED) is 0.599. The predicted molar refractivity (Wildman–Crippen MR) is 63.3 cm³/mol. The molecule has 1 aromatic carbocycles. The molecule has 88 valence electrons. The molecular weight excluding hydrogens is 227 g/mol. The van der Waals surface area contributed by atoms with E-state index in [-0.39, 0.29) is 6.61 Å². The highest BCUT2D eigenvalue weighted by molar-refractivity contribution is 8.00. The lowest BCUT2D eigenvalue weighted by atomic mass is 10.2. The van der Waals surface area contributed by atoms with Crippen molar-refractivity contribution in [1.82, 2.24) is 0 Å². The molecule has 0 spiro atoms. The van der Waals surface area contributed by atoms with Crippen LogP contribution in [0.1, 0.15) is 18.1 Å². The molecule has 0 bridgehead atoms. The Balaban J connectivity index is 2.72. The van der Waals surface area contributed by atoms with Gasteiger partial charge in [0.1, 0.15) is 0 Å². The summed E-state index contributed by atoms with van der Waals surface area (Å²) < 4.78 is 18.1. The average molecular weight is 242 g/mol. The number of hydrogen-bond donors (Lipinski definition) is 0. The summed E-state index contributed by atoms with van der Waals surface area (Å²) in [5, 5.41) is 0. The van der Waals surface area contributed by atoms with E-state index in [2.05, 4.69) is 4.74 Å². The molecule has 0 N–H and O–H groups in total. The van der Waals surface area contributed by atoms with Crippen LogP contribution in [0.15, 0.2) is 23.1 Å². The van der Waals surface area contributed by atoms with Gasteiger partial charge in [0.05, 0.1) is 6.61 Å². The number of halogens is 1. The van der Waals surface area contributed by atoms with Crippen LogP contribution in [0.2, 0.25) is 0 Å². The predicted octanol–water partition coefficient (Wildman–Crippen LogP) is 3.25. The number of aryl methyl sites for hydroxylation is 2. The van der Waals surface area contributed by atoms with Crippen LogP contribution in [0.4, 0.5) is 4.39 Å². The van der Waals surface area contributed by atoms with Crippen LogP contribution in [0, 0.1) is 13.8 Å². The summed E-state index contributed by atoms with van der Waals surface area (Å²) in [5.74, 6) is -0.812. The van der Waals surface area contributed by atoms with Crippen molar-refractivity contribution in [3.8, 4) is 0 Å². The van der Waals surface area contributed by atoms with Crippen molar-refractivity contribution in [2.45, 2.75) is 31.2 Å². The molecule has 1 aromatic rings. The normalized spacial score (nSPS) is 12.2. The Labute approximate surface area is 99.2 Å². The summed E-state index contributed by atoms with van der Waals surface area (Å²) in [5.41, 5.74) is 0.354. The van der Waals surface area contributed by atoms with Gasteiger partial charge in [-0.25, -0.2) is 9.18 Å². The van der Waals surface area contributed by atoms with Crippen LogP contribution < -0.4 is 0 Å². The van der Waals surface area contributed by atoms with Gasteiger partial charge in [0.15, 0.2) is 0 Å². The van der Waals surface area contributed by atoms with Crippen molar-refractivity contribution in [3.63, 3.8) is 0 Å². The highest BCUT2D eigenvalue weighted by Gasteiger charge is 2.20. The van der Waals surface area contributed by atoms with Crippen LogP contribution in [-0.2, 0) is 9.53 Å². The van der Waals surface area contributed by atoms with Gasteiger partial charge in [-0.3, -0.25) is 0 Å². The smallest absolute Gasteiger partial charge is 0.351 e. The van der Waals surface area contributed by atoms with Gasteiger partial charge in [0.25, 0.3) is 0 Å². The lowest BCUT2D eigenvalue weighted by Crippen LogP contribution is -2.15. The van der Waals surface area contributed by atoms with Crippen LogP contribution in [0.3, 0.4) is 0 Å². The van der Waals surface area contributed by atoms with Crippen molar-refractivity contribution in [2.24, 2.45) is 0 Å². The highest BCUT2D eigenvalue weighted by atomic mass is 32.2. The third-order valence-corrected chi connectivity index (χ3v) is 3.14. The highest BCUT2D eigenvalue weighted by Crippen LogP contribution is 2.28. The molecule has 0 radical (unpaired) electrons. The molecule has 1 unspecified atom stereocenters. The minimum Gasteiger partial charge on any atom is -0.463 e. The number of carbonyl (C=O) groups excluding carboxylic acids is 1. The van der Waals surface area contributed by atoms with Gasteiger partial charge in [0.2, 0.25) is 5.50 Å². The van der Waals surface area contributed by atoms with E-state index in [9.17, 15) is 9.18 Å². The second-order valence-electron chi connectivity index (χ2n) is 3.45. The molecule has 2 nitrogen and oxygen atoms in total. The van der Waals surface area contributed by atoms with Crippen molar-refractivity contribution in [3.05, 3.63) is 29.3 Å². The molecule has 0 aliphatic rings. The molecule has 0 aromatic heterocycles. The average Bonchev–Trinajstić information content (AvgIpc) is 2.23. The maximum absolute atomic E-state index is 13.5. The fraction of sp³-hybridized carbons (Fsp3) is 0.417. The summed E-state index contributed by atoms with van der Waals surface area (Å²) in [4.78, 5) is 11.9. The van der Waals surface area contributed by atoms with Gasteiger partial charge in [-0.15, -0.1) is 0 Å². The van der Waals surface area contributed by atoms with Crippen molar-refractivity contribution >= 4 is 17.7 Å². The second-order valence-corrected chi connectivity index (χ2v) is 4.54. The number of ether oxygens (including phenoxy) is 1. The molecule has 4 heteroatoms. The standard InChI is InChI=1S/C12H15FO2S/c1-4-15-12(14)11(13)16-10-7-8(2)5-6-9(10)3/h5-7,11H,4H2,1-3H3. The van der Waals surface area contributed by atoms with E-state index < -0.39 is 11.5 Å². The van der Waals surface area contributed by atoms with Gasteiger partial charge >= 0.3 is 5.97 Å². The largest absolute Gasteiger partial charge is 0.463 e. The SMILES string of the molecule is CCOC(=O)C(F)Sc1cc(C)ccc1C. The zero-order valence-electron chi connectivity index (χ0n) is 9.62. The number of benzene rings is 1. The van der Waals surface area contributed by atoms with Crippen molar-refractivity contribution < 1.29 is 13.9 Å². The van der Waals surface area contributed by atoms with Gasteiger partial charge in [0, 0.05) is 4.90 Å². The molecule has 0 saturated carbocycles.